The van der Waals surface area contributed by atoms with E-state index in [0.29, 0.717) is 44.2 Å². The number of carbonyl (C=O) groups excluding carboxylic acids is 2. The van der Waals surface area contributed by atoms with Gasteiger partial charge in [-0.05, 0) is 25.0 Å². The first-order valence-corrected chi connectivity index (χ1v) is 8.37. The predicted molar refractivity (Wildman–Crippen MR) is 87.7 cm³/mol. The van der Waals surface area contributed by atoms with Gasteiger partial charge in [0.2, 0.25) is 5.91 Å². The molecule has 2 fully saturated rings. The van der Waals surface area contributed by atoms with Crippen LogP contribution in [0.25, 0.3) is 0 Å². The molecule has 3 rings (SSSR count). The smallest absolute Gasteiger partial charge is 0.274 e. The van der Waals surface area contributed by atoms with Crippen LogP contribution >= 0.6 is 0 Å². The lowest BCUT2D eigenvalue weighted by Crippen LogP contribution is -2.50. The van der Waals surface area contributed by atoms with Crippen molar-refractivity contribution >= 4 is 17.6 Å². The predicted octanol–water partition coefficient (Wildman–Crippen LogP) is 0.372. The molecule has 0 aromatic carbocycles. The number of nitrogens with one attached hydrogen (secondary N) is 1. The summed E-state index contributed by atoms with van der Waals surface area (Å²) in [6.45, 7) is 5.26. The fraction of sp³-hybridized carbons (Fsp3) is 0.625. The van der Waals surface area contributed by atoms with Gasteiger partial charge in [-0.15, -0.1) is 10.2 Å². The highest BCUT2D eigenvalue weighted by Crippen LogP contribution is 2.13. The van der Waals surface area contributed by atoms with Gasteiger partial charge in [-0.2, -0.15) is 0 Å². The Morgan fingerprint density at radius 2 is 1.96 bits per heavy atom. The van der Waals surface area contributed by atoms with Gasteiger partial charge in [-0.3, -0.25) is 9.59 Å². The Kier molecular flexibility index (Phi) is 5.24. The van der Waals surface area contributed by atoms with E-state index in [1.807, 2.05) is 0 Å². The Hall–Kier alpha value is -2.22. The van der Waals surface area contributed by atoms with Crippen molar-refractivity contribution in [2.45, 2.75) is 25.9 Å². The normalized spacial score (nSPS) is 21.0. The molecule has 1 aromatic rings. The third-order valence-electron chi connectivity index (χ3n) is 4.43. The number of anilines is 1. The van der Waals surface area contributed by atoms with Crippen LogP contribution in [0.15, 0.2) is 12.1 Å². The van der Waals surface area contributed by atoms with Gasteiger partial charge in [0, 0.05) is 46.3 Å². The summed E-state index contributed by atoms with van der Waals surface area (Å²) in [6.07, 6.45) is 2.39. The Morgan fingerprint density at radius 3 is 2.54 bits per heavy atom. The van der Waals surface area contributed by atoms with Gasteiger partial charge in [-0.1, -0.05) is 0 Å². The maximum absolute atomic E-state index is 12.4. The molecule has 8 nitrogen and oxygen atoms in total. The van der Waals surface area contributed by atoms with E-state index in [1.54, 1.807) is 28.9 Å². The van der Waals surface area contributed by atoms with Crippen LogP contribution in [0.2, 0.25) is 0 Å². The van der Waals surface area contributed by atoms with Crippen LogP contribution < -0.4 is 5.32 Å². The summed E-state index contributed by atoms with van der Waals surface area (Å²) in [4.78, 5) is 27.2. The van der Waals surface area contributed by atoms with Crippen molar-refractivity contribution in [2.75, 3.05) is 44.6 Å². The van der Waals surface area contributed by atoms with Gasteiger partial charge >= 0.3 is 0 Å². The summed E-state index contributed by atoms with van der Waals surface area (Å²) >= 11 is 0. The Bertz CT molecular complexity index is 578. The zero-order valence-corrected chi connectivity index (χ0v) is 13.9. The largest absolute Gasteiger partial charge is 0.376 e. The van der Waals surface area contributed by atoms with Crippen molar-refractivity contribution in [3.63, 3.8) is 0 Å². The number of aromatic nitrogens is 2. The van der Waals surface area contributed by atoms with Crippen LogP contribution in [0.1, 0.15) is 30.3 Å². The van der Waals surface area contributed by atoms with E-state index in [4.69, 9.17) is 4.74 Å². The Balaban J connectivity index is 1.51. The van der Waals surface area contributed by atoms with Crippen LogP contribution in [0.3, 0.4) is 0 Å². The molecule has 2 aliphatic rings. The van der Waals surface area contributed by atoms with E-state index in [0.717, 1.165) is 19.4 Å². The summed E-state index contributed by atoms with van der Waals surface area (Å²) in [5.74, 6) is 0.545. The first-order valence-electron chi connectivity index (χ1n) is 8.37. The minimum absolute atomic E-state index is 0.0450. The van der Waals surface area contributed by atoms with Crippen molar-refractivity contribution in [2.24, 2.45) is 0 Å². The number of rotatable bonds is 4. The molecule has 1 atom stereocenters. The van der Waals surface area contributed by atoms with E-state index in [1.165, 1.54) is 0 Å². The lowest BCUT2D eigenvalue weighted by molar-refractivity contribution is -0.130. The minimum Gasteiger partial charge on any atom is -0.376 e. The number of piperazine rings is 1. The van der Waals surface area contributed by atoms with Crippen molar-refractivity contribution < 1.29 is 14.3 Å². The maximum atomic E-state index is 12.4. The van der Waals surface area contributed by atoms with Crippen molar-refractivity contribution in [1.82, 2.24) is 20.0 Å². The quantitative estimate of drug-likeness (QED) is 0.857. The van der Waals surface area contributed by atoms with Gasteiger partial charge in [0.05, 0.1) is 6.10 Å². The Morgan fingerprint density at radius 1 is 1.21 bits per heavy atom. The summed E-state index contributed by atoms with van der Waals surface area (Å²) in [6, 6.07) is 3.45. The number of hydrogen-bond acceptors (Lipinski definition) is 6. The molecule has 0 saturated carbocycles. The number of carbonyl (C=O) groups is 2. The molecule has 0 radical (unpaired) electrons. The fourth-order valence-corrected chi connectivity index (χ4v) is 2.95. The van der Waals surface area contributed by atoms with Crippen LogP contribution in [-0.4, -0.2) is 77.2 Å². The van der Waals surface area contributed by atoms with E-state index < -0.39 is 0 Å². The lowest BCUT2D eigenvalue weighted by Gasteiger charge is -2.33. The second-order valence-corrected chi connectivity index (χ2v) is 6.12. The number of nitrogens with zero attached hydrogens (tertiary/aromatic N) is 4. The molecule has 1 unspecified atom stereocenters. The van der Waals surface area contributed by atoms with Gasteiger partial charge in [0.25, 0.3) is 5.91 Å². The molecular weight excluding hydrogens is 310 g/mol. The van der Waals surface area contributed by atoms with Gasteiger partial charge in [-0.25, -0.2) is 0 Å². The molecular formula is C16H23N5O3. The number of amides is 2. The van der Waals surface area contributed by atoms with Crippen LogP contribution in [0.5, 0.6) is 0 Å². The third kappa shape index (κ3) is 4.00. The SMILES string of the molecule is CC(=O)N1CCN(C(=O)c2ccc(NCC3CCCO3)nn2)CC1. The van der Waals surface area contributed by atoms with Crippen LogP contribution in [0.4, 0.5) is 5.82 Å². The molecule has 1 N–H and O–H groups in total. The summed E-state index contributed by atoms with van der Waals surface area (Å²) in [5, 5.41) is 11.3. The lowest BCUT2D eigenvalue weighted by atomic mass is 10.2. The van der Waals surface area contributed by atoms with Crippen molar-refractivity contribution in [3.05, 3.63) is 17.8 Å². The van der Waals surface area contributed by atoms with Crippen molar-refractivity contribution in [1.29, 1.82) is 0 Å². The van der Waals surface area contributed by atoms with Gasteiger partial charge in [0.1, 0.15) is 5.82 Å². The topological polar surface area (TPSA) is 87.7 Å². The molecule has 3 heterocycles. The molecule has 24 heavy (non-hydrogen) atoms. The maximum Gasteiger partial charge on any atom is 0.274 e. The molecule has 0 spiro atoms. The van der Waals surface area contributed by atoms with E-state index in [-0.39, 0.29) is 17.9 Å². The zero-order valence-electron chi connectivity index (χ0n) is 13.9. The first kappa shape index (κ1) is 16.6. The highest BCUT2D eigenvalue weighted by Gasteiger charge is 2.24. The fourth-order valence-electron chi connectivity index (χ4n) is 2.95. The molecule has 0 aliphatic carbocycles. The van der Waals surface area contributed by atoms with E-state index in [2.05, 4.69) is 15.5 Å². The summed E-state index contributed by atoms with van der Waals surface area (Å²) < 4.78 is 5.54. The summed E-state index contributed by atoms with van der Waals surface area (Å²) in [5.41, 5.74) is 0.328. The van der Waals surface area contributed by atoms with E-state index >= 15 is 0 Å². The van der Waals surface area contributed by atoms with Crippen molar-refractivity contribution in [3.8, 4) is 0 Å². The minimum atomic E-state index is -0.142. The third-order valence-corrected chi connectivity index (χ3v) is 4.43. The van der Waals surface area contributed by atoms with E-state index in [9.17, 15) is 9.59 Å². The Labute approximate surface area is 141 Å². The first-order chi connectivity index (χ1) is 11.6. The average molecular weight is 333 g/mol. The second kappa shape index (κ2) is 7.57. The highest BCUT2D eigenvalue weighted by atomic mass is 16.5. The van der Waals surface area contributed by atoms with Crippen LogP contribution in [0, 0.1) is 0 Å². The molecule has 0 bridgehead atoms. The molecule has 2 saturated heterocycles. The molecule has 2 aliphatic heterocycles. The molecule has 2 amide bonds. The van der Waals surface area contributed by atoms with Gasteiger partial charge < -0.3 is 19.9 Å². The number of ether oxygens (including phenoxy) is 1. The van der Waals surface area contributed by atoms with Crippen LogP contribution in [-0.2, 0) is 9.53 Å². The van der Waals surface area contributed by atoms with Gasteiger partial charge in [0.15, 0.2) is 5.69 Å². The average Bonchev–Trinajstić information content (AvgIpc) is 3.13. The second-order valence-electron chi connectivity index (χ2n) is 6.12. The molecule has 8 heteroatoms. The monoisotopic (exact) mass is 333 g/mol. The summed E-state index contributed by atoms with van der Waals surface area (Å²) in [7, 11) is 0. The zero-order chi connectivity index (χ0) is 16.9. The molecule has 1 aromatic heterocycles. The molecule has 130 valence electrons. The number of hydrogen-bond donors (Lipinski definition) is 1. The highest BCUT2D eigenvalue weighted by molar-refractivity contribution is 5.92. The standard InChI is InChI=1S/C16H23N5O3/c1-12(22)20-6-8-21(9-7-20)16(23)14-4-5-15(19-18-14)17-11-13-3-2-10-24-13/h4-5,13H,2-3,6-11H2,1H3,(H,17,19).